The van der Waals surface area contributed by atoms with Crippen molar-refractivity contribution in [3.05, 3.63) is 59.7 Å². The van der Waals surface area contributed by atoms with Crippen molar-refractivity contribution in [2.75, 3.05) is 13.2 Å². The molecular formula is C29H36N2O5. The van der Waals surface area contributed by atoms with Crippen molar-refractivity contribution in [3.8, 4) is 11.1 Å². The summed E-state index contributed by atoms with van der Waals surface area (Å²) in [6.45, 7) is 3.92. The van der Waals surface area contributed by atoms with E-state index in [1.165, 1.54) is 6.42 Å². The Morgan fingerprint density at radius 3 is 2.14 bits per heavy atom. The molecular weight excluding hydrogens is 456 g/mol. The minimum atomic E-state index is -0.944. The van der Waals surface area contributed by atoms with Gasteiger partial charge in [0.25, 0.3) is 0 Å². The van der Waals surface area contributed by atoms with Crippen LogP contribution in [-0.2, 0) is 14.3 Å². The predicted octanol–water partition coefficient (Wildman–Crippen LogP) is 5.19. The van der Waals surface area contributed by atoms with E-state index in [9.17, 15) is 19.5 Å². The summed E-state index contributed by atoms with van der Waals surface area (Å²) >= 11 is 0. The van der Waals surface area contributed by atoms with Gasteiger partial charge in [-0.1, -0.05) is 67.8 Å². The number of amides is 2. The zero-order valence-corrected chi connectivity index (χ0v) is 21.1. The number of ether oxygens (including phenoxy) is 1. The minimum Gasteiger partial charge on any atom is -0.481 e. The average Bonchev–Trinajstić information content (AvgIpc) is 3.21. The molecule has 7 heteroatoms. The van der Waals surface area contributed by atoms with Crippen LogP contribution in [0.1, 0.15) is 69.4 Å². The first kappa shape index (κ1) is 25.7. The number of nitrogens with zero attached hydrogens (tertiary/aromatic N) is 1. The predicted molar refractivity (Wildman–Crippen MR) is 138 cm³/mol. The maximum absolute atomic E-state index is 13.3. The summed E-state index contributed by atoms with van der Waals surface area (Å²) in [6.07, 6.45) is 4.75. The third-order valence-corrected chi connectivity index (χ3v) is 7.72. The van der Waals surface area contributed by atoms with E-state index in [0.29, 0.717) is 5.92 Å². The Morgan fingerprint density at radius 2 is 1.56 bits per heavy atom. The molecule has 192 valence electrons. The number of hydrogen-bond donors (Lipinski definition) is 2. The quantitative estimate of drug-likeness (QED) is 0.503. The lowest BCUT2D eigenvalue weighted by Crippen LogP contribution is -2.52. The molecule has 2 amide bonds. The van der Waals surface area contributed by atoms with Crippen LogP contribution in [0.25, 0.3) is 11.1 Å². The first-order valence-electron chi connectivity index (χ1n) is 13.0. The summed E-state index contributed by atoms with van der Waals surface area (Å²) in [6, 6.07) is 15.3. The Morgan fingerprint density at radius 1 is 0.972 bits per heavy atom. The van der Waals surface area contributed by atoms with Crippen LogP contribution in [-0.4, -0.2) is 53.2 Å². The standard InChI is InChI=1S/C29H36N2O5/c1-19(28(34)31(17-16-27(32)33)20(2)21-10-4-3-5-11-21)30-29(35)36-18-26-24-14-8-6-12-22(24)23-13-7-9-15-25(23)26/h6-9,12-15,19-21,26H,3-5,10-11,16-18H2,1-2H3,(H,30,35)(H,32,33)/t19-,20-/m0/s1. The van der Waals surface area contributed by atoms with E-state index in [-0.39, 0.29) is 37.4 Å². The van der Waals surface area contributed by atoms with E-state index in [0.717, 1.165) is 47.9 Å². The molecule has 0 bridgehead atoms. The molecule has 2 N–H and O–H groups in total. The zero-order valence-electron chi connectivity index (χ0n) is 21.1. The van der Waals surface area contributed by atoms with Crippen molar-refractivity contribution >= 4 is 18.0 Å². The highest BCUT2D eigenvalue weighted by molar-refractivity contribution is 5.86. The highest BCUT2D eigenvalue weighted by Gasteiger charge is 2.33. The van der Waals surface area contributed by atoms with Crippen LogP contribution >= 0.6 is 0 Å². The fraction of sp³-hybridized carbons (Fsp3) is 0.483. The van der Waals surface area contributed by atoms with Crippen LogP contribution in [0.3, 0.4) is 0 Å². The van der Waals surface area contributed by atoms with Gasteiger partial charge in [-0.25, -0.2) is 4.79 Å². The van der Waals surface area contributed by atoms with Gasteiger partial charge in [0.1, 0.15) is 12.6 Å². The van der Waals surface area contributed by atoms with E-state index in [2.05, 4.69) is 29.6 Å². The van der Waals surface area contributed by atoms with Gasteiger partial charge in [0.05, 0.1) is 6.42 Å². The van der Waals surface area contributed by atoms with E-state index in [1.807, 2.05) is 31.2 Å². The monoisotopic (exact) mass is 492 g/mol. The molecule has 0 unspecified atom stereocenters. The summed E-state index contributed by atoms with van der Waals surface area (Å²) in [5.41, 5.74) is 4.54. The molecule has 2 atom stereocenters. The minimum absolute atomic E-state index is 0.0625. The Kier molecular flexibility index (Phi) is 8.28. The lowest BCUT2D eigenvalue weighted by Gasteiger charge is -2.37. The van der Waals surface area contributed by atoms with Gasteiger partial charge >= 0.3 is 12.1 Å². The Hall–Kier alpha value is -3.35. The molecule has 36 heavy (non-hydrogen) atoms. The molecule has 0 heterocycles. The SMILES string of the molecule is C[C@H](NC(=O)OCC1c2ccccc2-c2ccccc21)C(=O)N(CCC(=O)O)[C@@H](C)C1CCCCC1. The largest absolute Gasteiger partial charge is 0.481 e. The molecule has 1 saturated carbocycles. The second kappa shape index (κ2) is 11.6. The number of alkyl carbamates (subject to hydrolysis) is 1. The molecule has 0 aromatic heterocycles. The number of benzene rings is 2. The molecule has 4 rings (SSSR count). The summed E-state index contributed by atoms with van der Waals surface area (Å²) in [5.74, 6) is -0.936. The van der Waals surface area contributed by atoms with Crippen LogP contribution < -0.4 is 5.32 Å². The molecule has 2 aromatic carbocycles. The fourth-order valence-corrected chi connectivity index (χ4v) is 5.73. The first-order valence-corrected chi connectivity index (χ1v) is 13.0. The molecule has 1 fully saturated rings. The van der Waals surface area contributed by atoms with Gasteiger partial charge in [0.15, 0.2) is 0 Å². The maximum Gasteiger partial charge on any atom is 0.407 e. The highest BCUT2D eigenvalue weighted by atomic mass is 16.5. The Balaban J connectivity index is 1.38. The molecule has 2 aliphatic carbocycles. The third kappa shape index (κ3) is 5.72. The van der Waals surface area contributed by atoms with Crippen LogP contribution in [0, 0.1) is 5.92 Å². The van der Waals surface area contributed by atoms with E-state index in [1.54, 1.807) is 11.8 Å². The van der Waals surface area contributed by atoms with Gasteiger partial charge in [0, 0.05) is 18.5 Å². The maximum atomic E-state index is 13.3. The number of hydrogen-bond acceptors (Lipinski definition) is 4. The number of carboxylic acids is 1. The van der Waals surface area contributed by atoms with E-state index < -0.39 is 18.1 Å². The summed E-state index contributed by atoms with van der Waals surface area (Å²) in [7, 11) is 0. The van der Waals surface area contributed by atoms with Crippen molar-refractivity contribution in [2.45, 2.75) is 70.4 Å². The van der Waals surface area contributed by atoms with Crippen LogP contribution in [0.2, 0.25) is 0 Å². The van der Waals surface area contributed by atoms with Crippen molar-refractivity contribution in [3.63, 3.8) is 0 Å². The smallest absolute Gasteiger partial charge is 0.407 e. The molecule has 2 aromatic rings. The Labute approximate surface area is 212 Å². The van der Waals surface area contributed by atoms with Gasteiger partial charge < -0.3 is 20.1 Å². The number of fused-ring (bicyclic) bond motifs is 3. The highest BCUT2D eigenvalue weighted by Crippen LogP contribution is 2.44. The van der Waals surface area contributed by atoms with Crippen molar-refractivity contribution in [2.24, 2.45) is 5.92 Å². The summed E-state index contributed by atoms with van der Waals surface area (Å²) in [4.78, 5) is 38.9. The van der Waals surface area contributed by atoms with Crippen LogP contribution in [0.4, 0.5) is 4.79 Å². The van der Waals surface area contributed by atoms with Crippen LogP contribution in [0.15, 0.2) is 48.5 Å². The molecule has 0 spiro atoms. The van der Waals surface area contributed by atoms with Gasteiger partial charge in [0.2, 0.25) is 5.91 Å². The number of aliphatic carboxylic acids is 1. The van der Waals surface area contributed by atoms with Crippen molar-refractivity contribution in [1.29, 1.82) is 0 Å². The van der Waals surface area contributed by atoms with Gasteiger partial charge in [-0.2, -0.15) is 0 Å². The molecule has 0 aliphatic heterocycles. The molecule has 0 radical (unpaired) electrons. The number of carbonyl (C=O) groups excluding carboxylic acids is 2. The second-order valence-electron chi connectivity index (χ2n) is 10.0. The lowest BCUT2D eigenvalue weighted by molar-refractivity contribution is -0.140. The van der Waals surface area contributed by atoms with E-state index in [4.69, 9.17) is 4.74 Å². The van der Waals surface area contributed by atoms with Crippen molar-refractivity contribution in [1.82, 2.24) is 10.2 Å². The normalized spacial score (nSPS) is 16.9. The number of rotatable bonds is 9. The number of carboxylic acid groups (broad SMARTS) is 1. The van der Waals surface area contributed by atoms with E-state index >= 15 is 0 Å². The molecule has 0 saturated heterocycles. The first-order chi connectivity index (χ1) is 17.4. The van der Waals surface area contributed by atoms with Gasteiger partial charge in [-0.05, 0) is 54.9 Å². The third-order valence-electron chi connectivity index (χ3n) is 7.72. The fourth-order valence-electron chi connectivity index (χ4n) is 5.73. The summed E-state index contributed by atoms with van der Waals surface area (Å²) in [5, 5.41) is 11.9. The molecule has 2 aliphatic rings. The molecule has 7 nitrogen and oxygen atoms in total. The van der Waals surface area contributed by atoms with Crippen LogP contribution in [0.5, 0.6) is 0 Å². The topological polar surface area (TPSA) is 95.9 Å². The number of carbonyl (C=O) groups is 3. The van der Waals surface area contributed by atoms with Gasteiger partial charge in [-0.3, -0.25) is 9.59 Å². The second-order valence-corrected chi connectivity index (χ2v) is 10.0. The Bertz CT molecular complexity index is 1050. The zero-order chi connectivity index (χ0) is 25.7. The number of nitrogens with one attached hydrogen (secondary N) is 1. The van der Waals surface area contributed by atoms with Crippen molar-refractivity contribution < 1.29 is 24.2 Å². The summed E-state index contributed by atoms with van der Waals surface area (Å²) < 4.78 is 5.60. The average molecular weight is 493 g/mol. The lowest BCUT2D eigenvalue weighted by atomic mass is 9.83. The van der Waals surface area contributed by atoms with Gasteiger partial charge in [-0.15, -0.1) is 0 Å².